The van der Waals surface area contributed by atoms with Gasteiger partial charge in [0.1, 0.15) is 0 Å². The van der Waals surface area contributed by atoms with Crippen molar-refractivity contribution in [1.29, 1.82) is 0 Å². The summed E-state index contributed by atoms with van der Waals surface area (Å²) in [6.07, 6.45) is 18.7. The maximum absolute atomic E-state index is 3.50. The zero-order valence-electron chi connectivity index (χ0n) is 23.4. The van der Waals surface area contributed by atoms with Crippen LogP contribution < -0.4 is 0 Å². The summed E-state index contributed by atoms with van der Waals surface area (Å²) >= 11 is 1.46. The minimum atomic E-state index is 0.0472. The summed E-state index contributed by atoms with van der Waals surface area (Å²) in [5.41, 5.74) is 14.4. The Labute approximate surface area is 244 Å². The van der Waals surface area contributed by atoms with Crippen LogP contribution in [0.3, 0.4) is 0 Å². The minimum absolute atomic E-state index is 0.0472. The van der Waals surface area contributed by atoms with E-state index in [1.165, 1.54) is 79.9 Å². The van der Waals surface area contributed by atoms with Crippen molar-refractivity contribution in [3.8, 4) is 11.1 Å². The molecular formula is C37H36Zr. The van der Waals surface area contributed by atoms with Gasteiger partial charge in [-0.3, -0.25) is 12.2 Å². The van der Waals surface area contributed by atoms with Crippen molar-refractivity contribution in [1.82, 2.24) is 0 Å². The number of benzene rings is 3. The van der Waals surface area contributed by atoms with Crippen LogP contribution in [0, 0.1) is 18.1 Å². The van der Waals surface area contributed by atoms with Crippen LogP contribution >= 0.6 is 0 Å². The number of rotatable bonds is 1. The number of hydrogen-bond acceptors (Lipinski definition) is 0. The first kappa shape index (κ1) is 27.0. The molecule has 4 aliphatic rings. The fraction of sp³-hybridized carbons (Fsp3) is 0.270. The molecule has 0 saturated heterocycles. The second-order valence-corrected chi connectivity index (χ2v) is 12.6. The summed E-state index contributed by atoms with van der Waals surface area (Å²) < 4.78 is 2.17. The Bertz CT molecular complexity index is 1430. The monoisotopic (exact) mass is 570 g/mol. The number of hydrogen-bond donors (Lipinski definition) is 0. The Balaban J connectivity index is 0.000000160. The third-order valence-corrected chi connectivity index (χ3v) is 8.73. The van der Waals surface area contributed by atoms with Crippen molar-refractivity contribution < 1.29 is 24.2 Å². The molecule has 3 aromatic rings. The van der Waals surface area contributed by atoms with Crippen LogP contribution in [0.1, 0.15) is 80.5 Å². The Morgan fingerprint density at radius 2 is 1.53 bits per heavy atom. The van der Waals surface area contributed by atoms with Crippen LogP contribution in [0.2, 0.25) is 0 Å². The molecule has 1 unspecified atom stereocenters. The molecule has 3 aromatic carbocycles. The van der Waals surface area contributed by atoms with Gasteiger partial charge < -0.3 is 0 Å². The van der Waals surface area contributed by atoms with Gasteiger partial charge in [-0.25, -0.2) is 17.7 Å². The van der Waals surface area contributed by atoms with Crippen molar-refractivity contribution in [2.75, 3.05) is 0 Å². The van der Waals surface area contributed by atoms with Gasteiger partial charge in [-0.15, -0.1) is 18.6 Å². The molecule has 0 heterocycles. The Morgan fingerprint density at radius 1 is 0.868 bits per heavy atom. The average Bonchev–Trinajstić information content (AvgIpc) is 3.62. The van der Waals surface area contributed by atoms with Crippen LogP contribution in [0.4, 0.5) is 0 Å². The molecular weight excluding hydrogens is 536 g/mol. The zero-order chi connectivity index (χ0) is 27.1. The summed E-state index contributed by atoms with van der Waals surface area (Å²) in [6.45, 7) is 13.4. The van der Waals surface area contributed by atoms with E-state index in [0.29, 0.717) is 5.92 Å². The first-order valence-corrected chi connectivity index (χ1v) is 15.0. The van der Waals surface area contributed by atoms with E-state index in [1.807, 2.05) is 12.1 Å². The summed E-state index contributed by atoms with van der Waals surface area (Å²) in [5, 5.41) is 0. The Hall–Kier alpha value is -2.63. The van der Waals surface area contributed by atoms with Crippen molar-refractivity contribution in [2.24, 2.45) is 5.92 Å². The molecule has 0 fully saturated rings. The normalized spacial score (nSPS) is 19.4. The second-order valence-electron chi connectivity index (χ2n) is 11.9. The molecule has 0 nitrogen and oxygen atoms in total. The maximum atomic E-state index is 3.50. The van der Waals surface area contributed by atoms with Crippen molar-refractivity contribution in [3.63, 3.8) is 0 Å². The molecule has 0 aromatic heterocycles. The molecule has 0 aliphatic heterocycles. The van der Waals surface area contributed by atoms with Crippen molar-refractivity contribution in [2.45, 2.75) is 58.8 Å². The average molecular weight is 572 g/mol. The standard InChI is InChI=1S/C23H21.C7H9.C7H6.Zr/c1-22(2)7-5-14-10-18-16(12-20(14)22)9-17-13-21-15(11-19(17)18)6-8-23(21,3)4;1-6-3-4-7(2)5-6;1-7-5-3-2-4-6-7;/h5-7,10-13H,9H2,1-4H3;3,5,7H,1-2H3;1-6H;/q2*-1;;+2. The fourth-order valence-corrected chi connectivity index (χ4v) is 6.18. The summed E-state index contributed by atoms with van der Waals surface area (Å²) in [4.78, 5) is 0. The molecule has 0 bridgehead atoms. The molecule has 7 rings (SSSR count). The molecule has 0 spiro atoms. The molecule has 1 atom stereocenters. The molecule has 0 saturated carbocycles. The first-order chi connectivity index (χ1) is 18.1. The van der Waals surface area contributed by atoms with Crippen LogP contribution in [0.5, 0.6) is 0 Å². The van der Waals surface area contributed by atoms with E-state index in [2.05, 4.69) is 130 Å². The molecule has 4 aliphatic carbocycles. The van der Waals surface area contributed by atoms with Crippen LogP contribution in [-0.4, -0.2) is 3.71 Å². The van der Waals surface area contributed by atoms with Crippen LogP contribution in [-0.2, 0) is 41.5 Å². The van der Waals surface area contributed by atoms with E-state index < -0.39 is 0 Å². The van der Waals surface area contributed by atoms with E-state index in [4.69, 9.17) is 0 Å². The predicted molar refractivity (Wildman–Crippen MR) is 160 cm³/mol. The second kappa shape index (κ2) is 10.5. The van der Waals surface area contributed by atoms with Gasteiger partial charge in [0.05, 0.1) is 0 Å². The van der Waals surface area contributed by atoms with Gasteiger partial charge in [-0.1, -0.05) is 70.2 Å². The Morgan fingerprint density at radius 3 is 2.08 bits per heavy atom. The summed E-state index contributed by atoms with van der Waals surface area (Å²) in [6, 6.07) is 20.0. The quantitative estimate of drug-likeness (QED) is 0.200. The predicted octanol–water partition coefficient (Wildman–Crippen LogP) is 9.00. The fourth-order valence-electron chi connectivity index (χ4n) is 5.70. The molecule has 1 heteroatoms. The van der Waals surface area contributed by atoms with Gasteiger partial charge in [0.25, 0.3) is 0 Å². The Kier molecular flexibility index (Phi) is 7.45. The summed E-state index contributed by atoms with van der Waals surface area (Å²) in [7, 11) is 0. The number of allylic oxidation sites excluding steroid dienone is 6. The zero-order valence-corrected chi connectivity index (χ0v) is 25.9. The first-order valence-electron chi connectivity index (χ1n) is 13.6. The van der Waals surface area contributed by atoms with Gasteiger partial charge in [-0.05, 0) is 45.9 Å². The van der Waals surface area contributed by atoms with E-state index in [0.717, 1.165) is 6.42 Å². The topological polar surface area (TPSA) is 0 Å². The van der Waals surface area contributed by atoms with Gasteiger partial charge in [-0.2, -0.15) is 11.6 Å². The van der Waals surface area contributed by atoms with E-state index in [9.17, 15) is 0 Å². The van der Waals surface area contributed by atoms with Crippen LogP contribution in [0.25, 0.3) is 23.3 Å². The van der Waals surface area contributed by atoms with Gasteiger partial charge in [0.2, 0.25) is 0 Å². The van der Waals surface area contributed by atoms with Gasteiger partial charge >= 0.3 is 63.8 Å². The molecule has 0 amide bonds. The number of fused-ring (bicyclic) bond motifs is 5. The van der Waals surface area contributed by atoms with Gasteiger partial charge in [0.15, 0.2) is 0 Å². The van der Waals surface area contributed by atoms with E-state index >= 15 is 0 Å². The van der Waals surface area contributed by atoms with Crippen LogP contribution in [0.15, 0.2) is 78.4 Å². The third-order valence-electron chi connectivity index (χ3n) is 7.91. The van der Waals surface area contributed by atoms with Crippen molar-refractivity contribution in [3.05, 3.63) is 129 Å². The molecule has 38 heavy (non-hydrogen) atoms. The molecule has 0 radical (unpaired) electrons. The van der Waals surface area contributed by atoms with Gasteiger partial charge in [0, 0.05) is 5.41 Å². The SMILES string of the molecule is CC1(C)[C-]=Cc2cc3c(cc21)Cc1cc2c(cc1-3)C=CC2(C)C.CC1=CC(C)[C-]=C1.[Zr+2]=[CH]c1ccccc1. The van der Waals surface area contributed by atoms with E-state index in [1.54, 1.807) is 0 Å². The molecule has 188 valence electrons. The summed E-state index contributed by atoms with van der Waals surface area (Å²) in [5.74, 6) is 0.556. The van der Waals surface area contributed by atoms with Crippen molar-refractivity contribution >= 4 is 15.9 Å². The van der Waals surface area contributed by atoms with E-state index in [-0.39, 0.29) is 10.8 Å². The molecule has 0 N–H and O–H groups in total. The third kappa shape index (κ3) is 5.41.